The molecule has 0 spiro atoms. The fraction of sp³-hybridized carbons (Fsp3) is 0. The van der Waals surface area contributed by atoms with Crippen LogP contribution in [0, 0.1) is 0 Å². The van der Waals surface area contributed by atoms with Crippen molar-refractivity contribution in [3.63, 3.8) is 0 Å². The number of H-pyrrole nitrogens is 1. The molecule has 0 saturated heterocycles. The maximum Gasteiger partial charge on any atom is 0.339 e. The van der Waals surface area contributed by atoms with Gasteiger partial charge in [0.05, 0.1) is 21.8 Å². The van der Waals surface area contributed by atoms with E-state index < -0.39 is 10.1 Å². The molecule has 0 atom stereocenters. The molecule has 0 saturated carbocycles. The molecule has 2 aromatic carbocycles. The highest BCUT2D eigenvalue weighted by atomic mass is 35.5. The second-order valence-electron chi connectivity index (χ2n) is 4.23. The average Bonchev–Trinajstić information content (AvgIpc) is 2.90. The Labute approximate surface area is 130 Å². The predicted molar refractivity (Wildman–Crippen MR) is 80.4 cm³/mol. The van der Waals surface area contributed by atoms with E-state index in [4.69, 9.17) is 27.4 Å². The van der Waals surface area contributed by atoms with E-state index >= 15 is 0 Å². The van der Waals surface area contributed by atoms with E-state index in [1.54, 1.807) is 6.07 Å². The Bertz CT molecular complexity index is 922. The third-order valence-electron chi connectivity index (χ3n) is 2.80. The number of fused-ring (bicyclic) bond motifs is 1. The number of aromatic nitrogens is 2. The molecular formula is C13H8Cl2N2O3S. The standard InChI is InChI=1S/C13H8Cl2N2O3S/c14-11-3-1-9(6-12(11)15)20-21(18,19)10-2-4-13-8(5-10)7-16-17-13/h1-7H,(H,16,17). The fourth-order valence-corrected chi connectivity index (χ4v) is 3.03. The molecule has 0 unspecified atom stereocenters. The number of halogens is 2. The molecule has 0 radical (unpaired) electrons. The van der Waals surface area contributed by atoms with Crippen LogP contribution in [0.2, 0.25) is 10.0 Å². The van der Waals surface area contributed by atoms with Crippen molar-refractivity contribution in [1.29, 1.82) is 0 Å². The van der Waals surface area contributed by atoms with E-state index in [1.807, 2.05) is 0 Å². The summed E-state index contributed by atoms with van der Waals surface area (Å²) in [5, 5.41) is 7.79. The quantitative estimate of drug-likeness (QED) is 0.737. The van der Waals surface area contributed by atoms with Gasteiger partial charge in [-0.3, -0.25) is 5.10 Å². The molecular weight excluding hydrogens is 335 g/mol. The van der Waals surface area contributed by atoms with Gasteiger partial charge in [0.2, 0.25) is 0 Å². The number of nitrogens with one attached hydrogen (secondary N) is 1. The monoisotopic (exact) mass is 342 g/mol. The Morgan fingerprint density at radius 1 is 1.05 bits per heavy atom. The highest BCUT2D eigenvalue weighted by Gasteiger charge is 2.18. The molecule has 0 aliphatic heterocycles. The Morgan fingerprint density at radius 3 is 2.62 bits per heavy atom. The first kappa shape index (κ1) is 14.2. The van der Waals surface area contributed by atoms with Gasteiger partial charge in [0, 0.05) is 11.5 Å². The minimum Gasteiger partial charge on any atom is -0.379 e. The van der Waals surface area contributed by atoms with Gasteiger partial charge in [-0.05, 0) is 30.3 Å². The highest BCUT2D eigenvalue weighted by Crippen LogP contribution is 2.28. The number of hydrogen-bond donors (Lipinski definition) is 1. The van der Waals surface area contributed by atoms with Gasteiger partial charge in [-0.15, -0.1) is 0 Å². The summed E-state index contributed by atoms with van der Waals surface area (Å²) in [6.07, 6.45) is 1.54. The largest absolute Gasteiger partial charge is 0.379 e. The molecule has 0 aliphatic rings. The van der Waals surface area contributed by atoms with Gasteiger partial charge in [-0.1, -0.05) is 23.2 Å². The Morgan fingerprint density at radius 2 is 1.86 bits per heavy atom. The van der Waals surface area contributed by atoms with E-state index in [9.17, 15) is 8.42 Å². The van der Waals surface area contributed by atoms with Crippen LogP contribution in [0.3, 0.4) is 0 Å². The van der Waals surface area contributed by atoms with Gasteiger partial charge in [-0.2, -0.15) is 13.5 Å². The zero-order valence-electron chi connectivity index (χ0n) is 10.4. The maximum absolute atomic E-state index is 12.2. The van der Waals surface area contributed by atoms with E-state index in [0.29, 0.717) is 10.4 Å². The summed E-state index contributed by atoms with van der Waals surface area (Å²) in [5.41, 5.74) is 0.739. The number of rotatable bonds is 3. The van der Waals surface area contributed by atoms with E-state index in [1.165, 1.54) is 36.5 Å². The molecule has 5 nitrogen and oxygen atoms in total. The number of nitrogens with zero attached hydrogens (tertiary/aromatic N) is 1. The van der Waals surface area contributed by atoms with Crippen LogP contribution >= 0.6 is 23.2 Å². The van der Waals surface area contributed by atoms with Crippen LogP contribution < -0.4 is 4.18 Å². The molecule has 108 valence electrons. The highest BCUT2D eigenvalue weighted by molar-refractivity contribution is 7.87. The van der Waals surface area contributed by atoms with Crippen molar-refractivity contribution in [2.24, 2.45) is 0 Å². The molecule has 3 aromatic rings. The van der Waals surface area contributed by atoms with Crippen molar-refractivity contribution < 1.29 is 12.6 Å². The maximum atomic E-state index is 12.2. The van der Waals surface area contributed by atoms with Gasteiger partial charge in [-0.25, -0.2) is 0 Å². The number of hydrogen-bond acceptors (Lipinski definition) is 4. The van der Waals surface area contributed by atoms with E-state index in [-0.39, 0.29) is 15.7 Å². The van der Waals surface area contributed by atoms with Crippen LogP contribution in [-0.2, 0) is 10.1 Å². The molecule has 1 heterocycles. The van der Waals surface area contributed by atoms with Gasteiger partial charge in [0.25, 0.3) is 0 Å². The summed E-state index contributed by atoms with van der Waals surface area (Å²) in [5.74, 6) is 0.0942. The molecule has 1 aromatic heterocycles. The van der Waals surface area contributed by atoms with Crippen LogP contribution in [-0.4, -0.2) is 18.6 Å². The Balaban J connectivity index is 1.97. The Hall–Kier alpha value is -1.76. The van der Waals surface area contributed by atoms with Crippen molar-refractivity contribution in [3.8, 4) is 5.75 Å². The molecule has 3 rings (SSSR count). The molecule has 1 N–H and O–H groups in total. The van der Waals surface area contributed by atoms with Crippen LogP contribution in [0.4, 0.5) is 0 Å². The van der Waals surface area contributed by atoms with Crippen molar-refractivity contribution in [2.75, 3.05) is 0 Å². The lowest BCUT2D eigenvalue weighted by Gasteiger charge is -2.07. The summed E-state index contributed by atoms with van der Waals surface area (Å²) >= 11 is 11.6. The fourth-order valence-electron chi connectivity index (χ4n) is 1.78. The first-order chi connectivity index (χ1) is 9.95. The normalized spacial score (nSPS) is 11.7. The number of aromatic amines is 1. The molecule has 0 bridgehead atoms. The van der Waals surface area contributed by atoms with Crippen LogP contribution in [0.5, 0.6) is 5.75 Å². The molecule has 0 amide bonds. The van der Waals surface area contributed by atoms with Crippen LogP contribution in [0.1, 0.15) is 0 Å². The van der Waals surface area contributed by atoms with Crippen molar-refractivity contribution in [1.82, 2.24) is 10.2 Å². The third kappa shape index (κ3) is 2.83. The molecule has 0 aliphatic carbocycles. The molecule has 8 heteroatoms. The SMILES string of the molecule is O=S(=O)(Oc1ccc(Cl)c(Cl)c1)c1ccc2[nH]ncc2c1. The van der Waals surface area contributed by atoms with E-state index in [0.717, 1.165) is 5.52 Å². The zero-order valence-corrected chi connectivity index (χ0v) is 12.7. The lowest BCUT2D eigenvalue weighted by atomic mass is 10.3. The van der Waals surface area contributed by atoms with Gasteiger partial charge >= 0.3 is 10.1 Å². The van der Waals surface area contributed by atoms with Gasteiger partial charge < -0.3 is 4.18 Å². The molecule has 0 fully saturated rings. The average molecular weight is 343 g/mol. The van der Waals surface area contributed by atoms with Crippen LogP contribution in [0.15, 0.2) is 47.5 Å². The minimum absolute atomic E-state index is 0.0301. The minimum atomic E-state index is -3.96. The van der Waals surface area contributed by atoms with E-state index in [2.05, 4.69) is 10.2 Å². The van der Waals surface area contributed by atoms with Crippen LogP contribution in [0.25, 0.3) is 10.9 Å². The topological polar surface area (TPSA) is 72.1 Å². The molecule has 21 heavy (non-hydrogen) atoms. The smallest absolute Gasteiger partial charge is 0.339 e. The summed E-state index contributed by atoms with van der Waals surface area (Å²) in [7, 11) is -3.96. The zero-order chi connectivity index (χ0) is 15.0. The summed E-state index contributed by atoms with van der Waals surface area (Å²) in [6, 6.07) is 8.78. The summed E-state index contributed by atoms with van der Waals surface area (Å²) in [6.45, 7) is 0. The summed E-state index contributed by atoms with van der Waals surface area (Å²) in [4.78, 5) is 0.0301. The van der Waals surface area contributed by atoms with Crippen molar-refractivity contribution in [2.45, 2.75) is 4.90 Å². The summed E-state index contributed by atoms with van der Waals surface area (Å²) < 4.78 is 29.5. The first-order valence-corrected chi connectivity index (χ1v) is 7.95. The predicted octanol–water partition coefficient (Wildman–Crippen LogP) is 3.64. The van der Waals surface area contributed by atoms with Gasteiger partial charge in [0.1, 0.15) is 10.6 Å². The number of benzene rings is 2. The van der Waals surface area contributed by atoms with Gasteiger partial charge in [0.15, 0.2) is 0 Å². The first-order valence-electron chi connectivity index (χ1n) is 5.78. The lowest BCUT2D eigenvalue weighted by Crippen LogP contribution is -2.09. The lowest BCUT2D eigenvalue weighted by molar-refractivity contribution is 0.486. The van der Waals surface area contributed by atoms with Crippen molar-refractivity contribution in [3.05, 3.63) is 52.6 Å². The second kappa shape index (κ2) is 5.22. The van der Waals surface area contributed by atoms with Crippen molar-refractivity contribution >= 4 is 44.2 Å². The Kier molecular flexibility index (Phi) is 3.52. The third-order valence-corrected chi connectivity index (χ3v) is 4.78. The second-order valence-corrected chi connectivity index (χ2v) is 6.59.